The lowest BCUT2D eigenvalue weighted by Crippen LogP contribution is -2.14. The molecule has 0 spiro atoms. The third kappa shape index (κ3) is 0.528. The van der Waals surface area contributed by atoms with E-state index in [0.29, 0.717) is 0 Å². The largest absolute Gasteiger partial charge is 0.316 e. The van der Waals surface area contributed by atoms with E-state index in [1.165, 1.54) is 13.1 Å². The molecular formula is C5H8IN. The average Bonchev–Trinajstić information content (AvgIpc) is 2.26. The minimum atomic E-state index is 1.03. The van der Waals surface area contributed by atoms with Gasteiger partial charge in [0.05, 0.1) is 0 Å². The Kier molecular flexibility index (Phi) is 0.876. The molecule has 3 atom stereocenters. The Labute approximate surface area is 57.0 Å². The van der Waals surface area contributed by atoms with Gasteiger partial charge < -0.3 is 5.32 Å². The first-order chi connectivity index (χ1) is 3.39. The van der Waals surface area contributed by atoms with Crippen LogP contribution in [0.3, 0.4) is 0 Å². The molecule has 0 radical (unpaired) electrons. The van der Waals surface area contributed by atoms with Gasteiger partial charge in [0.2, 0.25) is 0 Å². The van der Waals surface area contributed by atoms with Crippen molar-refractivity contribution in [3.05, 3.63) is 0 Å². The molecule has 2 heteroatoms. The van der Waals surface area contributed by atoms with Crippen molar-refractivity contribution >= 4 is 22.6 Å². The Balaban J connectivity index is 2.06. The Bertz CT molecular complexity index is 84.1. The van der Waals surface area contributed by atoms with E-state index in [0.717, 1.165) is 15.8 Å². The number of hydrogen-bond donors (Lipinski definition) is 1. The molecule has 0 aromatic carbocycles. The molecule has 1 saturated heterocycles. The molecular weight excluding hydrogens is 201 g/mol. The monoisotopic (exact) mass is 209 g/mol. The van der Waals surface area contributed by atoms with Crippen LogP contribution in [0.1, 0.15) is 0 Å². The molecule has 0 aromatic heterocycles. The summed E-state index contributed by atoms with van der Waals surface area (Å²) in [5.41, 5.74) is 0. The first-order valence-corrected chi connectivity index (χ1v) is 3.99. The van der Waals surface area contributed by atoms with Gasteiger partial charge >= 0.3 is 0 Å². The molecule has 2 fully saturated rings. The lowest BCUT2D eigenvalue weighted by Gasteiger charge is -1.92. The smallest absolute Gasteiger partial charge is 0.0197 e. The minimum absolute atomic E-state index is 1.03. The summed E-state index contributed by atoms with van der Waals surface area (Å²) in [6.45, 7) is 2.58. The molecule has 1 saturated carbocycles. The summed E-state index contributed by atoms with van der Waals surface area (Å²) < 4.78 is 1.03. The third-order valence-corrected chi connectivity index (χ3v) is 3.83. The molecule has 7 heavy (non-hydrogen) atoms. The molecule has 40 valence electrons. The summed E-state index contributed by atoms with van der Waals surface area (Å²) in [4.78, 5) is 0. The van der Waals surface area contributed by atoms with Gasteiger partial charge in [-0.2, -0.15) is 0 Å². The maximum atomic E-state index is 3.35. The molecule has 1 N–H and O–H groups in total. The van der Waals surface area contributed by atoms with Crippen LogP contribution in [0.2, 0.25) is 0 Å². The van der Waals surface area contributed by atoms with E-state index >= 15 is 0 Å². The number of halogens is 1. The van der Waals surface area contributed by atoms with Crippen LogP contribution in [0, 0.1) is 11.8 Å². The lowest BCUT2D eigenvalue weighted by molar-refractivity contribution is 0.745. The van der Waals surface area contributed by atoms with E-state index in [2.05, 4.69) is 27.9 Å². The van der Waals surface area contributed by atoms with E-state index in [1.54, 1.807) is 0 Å². The maximum absolute atomic E-state index is 3.35. The Morgan fingerprint density at radius 1 is 1.29 bits per heavy atom. The van der Waals surface area contributed by atoms with Crippen LogP contribution in [-0.2, 0) is 0 Å². The van der Waals surface area contributed by atoms with Crippen molar-refractivity contribution in [2.75, 3.05) is 13.1 Å². The molecule has 1 aliphatic carbocycles. The van der Waals surface area contributed by atoms with Gasteiger partial charge in [-0.15, -0.1) is 0 Å². The maximum Gasteiger partial charge on any atom is 0.0197 e. The summed E-state index contributed by atoms with van der Waals surface area (Å²) in [7, 11) is 0. The van der Waals surface area contributed by atoms with E-state index in [9.17, 15) is 0 Å². The quantitative estimate of drug-likeness (QED) is 0.456. The predicted octanol–water partition coefficient (Wildman–Crippen LogP) is 0.639. The highest BCUT2D eigenvalue weighted by molar-refractivity contribution is 14.1. The predicted molar refractivity (Wildman–Crippen MR) is 37.7 cm³/mol. The molecule has 1 aliphatic heterocycles. The van der Waals surface area contributed by atoms with Gasteiger partial charge in [-0.25, -0.2) is 0 Å². The fourth-order valence-corrected chi connectivity index (χ4v) is 2.68. The molecule has 1 heterocycles. The Morgan fingerprint density at radius 2 is 1.86 bits per heavy atom. The molecule has 1 nitrogen and oxygen atoms in total. The zero-order valence-corrected chi connectivity index (χ0v) is 6.18. The van der Waals surface area contributed by atoms with Crippen LogP contribution in [0.5, 0.6) is 0 Å². The number of hydrogen-bond acceptors (Lipinski definition) is 1. The second-order valence-corrected chi connectivity index (χ2v) is 3.87. The molecule has 2 rings (SSSR count). The normalized spacial score (nSPS) is 57.0. The van der Waals surface area contributed by atoms with Crippen LogP contribution >= 0.6 is 22.6 Å². The Morgan fingerprint density at radius 3 is 2.14 bits per heavy atom. The van der Waals surface area contributed by atoms with Crippen LogP contribution in [0.4, 0.5) is 0 Å². The molecule has 0 amide bonds. The van der Waals surface area contributed by atoms with Gasteiger partial charge in [0, 0.05) is 3.92 Å². The number of alkyl halides is 1. The van der Waals surface area contributed by atoms with Crippen molar-refractivity contribution in [2.24, 2.45) is 11.8 Å². The van der Waals surface area contributed by atoms with Crippen LogP contribution in [-0.4, -0.2) is 17.0 Å². The lowest BCUT2D eigenvalue weighted by atomic mass is 10.4. The van der Waals surface area contributed by atoms with Gasteiger partial charge in [-0.1, -0.05) is 22.6 Å². The fraction of sp³-hybridized carbons (Fsp3) is 1.00. The number of fused-ring (bicyclic) bond motifs is 1. The summed E-state index contributed by atoms with van der Waals surface area (Å²) in [5.74, 6) is 2.11. The van der Waals surface area contributed by atoms with Gasteiger partial charge in [0.15, 0.2) is 0 Å². The van der Waals surface area contributed by atoms with Crippen molar-refractivity contribution in [3.8, 4) is 0 Å². The highest BCUT2D eigenvalue weighted by Crippen LogP contribution is 2.47. The van der Waals surface area contributed by atoms with Gasteiger partial charge in [-0.05, 0) is 24.9 Å². The number of piperidine rings is 1. The van der Waals surface area contributed by atoms with Crippen molar-refractivity contribution in [3.63, 3.8) is 0 Å². The SMILES string of the molecule is IC1[C@H]2CNC[C@@H]12. The zero-order valence-electron chi connectivity index (χ0n) is 4.02. The van der Waals surface area contributed by atoms with Crippen LogP contribution in [0.25, 0.3) is 0 Å². The molecule has 0 bridgehead atoms. The summed E-state index contributed by atoms with van der Waals surface area (Å²) in [6.07, 6.45) is 0. The molecule has 1 unspecified atom stereocenters. The van der Waals surface area contributed by atoms with E-state index < -0.39 is 0 Å². The van der Waals surface area contributed by atoms with Crippen molar-refractivity contribution in [1.29, 1.82) is 0 Å². The first kappa shape index (κ1) is 4.56. The minimum Gasteiger partial charge on any atom is -0.316 e. The molecule has 0 aromatic rings. The van der Waals surface area contributed by atoms with Crippen molar-refractivity contribution in [2.45, 2.75) is 3.92 Å². The number of nitrogens with one attached hydrogen (secondary N) is 1. The number of rotatable bonds is 0. The standard InChI is InChI=1S/C5H8IN/c6-5-3-1-7-2-4(3)5/h3-5,7H,1-2H2/t3-,4+,5?. The third-order valence-electron chi connectivity index (χ3n) is 1.99. The van der Waals surface area contributed by atoms with Gasteiger partial charge in [0.25, 0.3) is 0 Å². The summed E-state index contributed by atoms with van der Waals surface area (Å²) in [6, 6.07) is 0. The zero-order chi connectivity index (χ0) is 4.85. The van der Waals surface area contributed by atoms with Crippen LogP contribution in [0.15, 0.2) is 0 Å². The van der Waals surface area contributed by atoms with Gasteiger partial charge in [0.1, 0.15) is 0 Å². The van der Waals surface area contributed by atoms with E-state index in [-0.39, 0.29) is 0 Å². The second-order valence-electron chi connectivity index (χ2n) is 2.43. The highest BCUT2D eigenvalue weighted by Gasteiger charge is 2.50. The summed E-state index contributed by atoms with van der Waals surface area (Å²) in [5, 5.41) is 3.35. The second kappa shape index (κ2) is 1.35. The van der Waals surface area contributed by atoms with Crippen molar-refractivity contribution in [1.82, 2.24) is 5.32 Å². The van der Waals surface area contributed by atoms with Gasteiger partial charge in [-0.3, -0.25) is 0 Å². The summed E-state index contributed by atoms with van der Waals surface area (Å²) >= 11 is 2.55. The topological polar surface area (TPSA) is 12.0 Å². The Hall–Kier alpha value is 0.690. The first-order valence-electron chi connectivity index (χ1n) is 2.74. The van der Waals surface area contributed by atoms with Crippen LogP contribution < -0.4 is 5.32 Å². The average molecular weight is 209 g/mol. The fourth-order valence-electron chi connectivity index (χ4n) is 1.34. The van der Waals surface area contributed by atoms with Crippen molar-refractivity contribution < 1.29 is 0 Å². The van der Waals surface area contributed by atoms with E-state index in [4.69, 9.17) is 0 Å². The molecule has 2 aliphatic rings. The highest BCUT2D eigenvalue weighted by atomic mass is 127. The van der Waals surface area contributed by atoms with E-state index in [1.807, 2.05) is 0 Å².